The normalized spacial score (nSPS) is 10.2. The molecule has 1 N–H and O–H groups in total. The molecule has 0 spiro atoms. The first kappa shape index (κ1) is 12.9. The van der Waals surface area contributed by atoms with Gasteiger partial charge in [-0.25, -0.2) is 4.98 Å². The summed E-state index contributed by atoms with van der Waals surface area (Å²) in [5.41, 5.74) is 0.367. The lowest BCUT2D eigenvalue weighted by Crippen LogP contribution is -2.01. The van der Waals surface area contributed by atoms with Gasteiger partial charge in [0.1, 0.15) is 6.26 Å². The number of rotatable bonds is 6. The summed E-state index contributed by atoms with van der Waals surface area (Å²) < 4.78 is 15.8. The van der Waals surface area contributed by atoms with E-state index in [-0.39, 0.29) is 13.0 Å². The number of hydrogen-bond acceptors (Lipinski definition) is 5. The summed E-state index contributed by atoms with van der Waals surface area (Å²) in [6.45, 7) is 0.111. The Labute approximate surface area is 109 Å². The van der Waals surface area contributed by atoms with Gasteiger partial charge in [0.2, 0.25) is 5.89 Å². The van der Waals surface area contributed by atoms with Gasteiger partial charge in [0, 0.05) is 0 Å². The minimum atomic E-state index is -0.953. The number of oxazole rings is 1. The molecule has 1 heterocycles. The summed E-state index contributed by atoms with van der Waals surface area (Å²) in [6.07, 6.45) is 1.15. The van der Waals surface area contributed by atoms with E-state index < -0.39 is 5.97 Å². The fourth-order valence-electron chi connectivity index (χ4n) is 1.53. The van der Waals surface area contributed by atoms with E-state index in [2.05, 4.69) is 4.98 Å². The van der Waals surface area contributed by atoms with Crippen molar-refractivity contribution in [1.82, 2.24) is 4.98 Å². The molecule has 0 bridgehead atoms. The van der Waals surface area contributed by atoms with Crippen molar-refractivity contribution >= 4 is 5.97 Å². The molecule has 0 aliphatic heterocycles. The zero-order chi connectivity index (χ0) is 13.7. The Morgan fingerprint density at radius 1 is 1.37 bits per heavy atom. The topological polar surface area (TPSA) is 81.8 Å². The maximum absolute atomic E-state index is 10.5. The number of ether oxygens (including phenoxy) is 2. The Balaban J connectivity index is 1.98. The Morgan fingerprint density at radius 3 is 2.79 bits per heavy atom. The monoisotopic (exact) mass is 263 g/mol. The molecule has 0 radical (unpaired) electrons. The molecule has 0 saturated heterocycles. The van der Waals surface area contributed by atoms with Crippen molar-refractivity contribution in [2.45, 2.75) is 13.0 Å². The van der Waals surface area contributed by atoms with Crippen LogP contribution in [0, 0.1) is 0 Å². The average Bonchev–Trinajstić information content (AvgIpc) is 2.83. The van der Waals surface area contributed by atoms with E-state index in [1.165, 1.54) is 6.26 Å². The van der Waals surface area contributed by atoms with Gasteiger partial charge in [0.15, 0.2) is 18.1 Å². The van der Waals surface area contributed by atoms with Gasteiger partial charge in [0.25, 0.3) is 0 Å². The molecule has 19 heavy (non-hydrogen) atoms. The van der Waals surface area contributed by atoms with Crippen molar-refractivity contribution in [3.05, 3.63) is 42.1 Å². The van der Waals surface area contributed by atoms with Gasteiger partial charge < -0.3 is 19.0 Å². The van der Waals surface area contributed by atoms with Crippen molar-refractivity contribution < 1.29 is 23.8 Å². The Hall–Kier alpha value is -2.50. The molecule has 1 aromatic carbocycles. The van der Waals surface area contributed by atoms with Crippen LogP contribution in [-0.4, -0.2) is 23.2 Å². The summed E-state index contributed by atoms with van der Waals surface area (Å²) in [4.78, 5) is 14.5. The third kappa shape index (κ3) is 3.48. The van der Waals surface area contributed by atoms with E-state index in [0.717, 1.165) is 0 Å². The minimum Gasteiger partial charge on any atom is -0.493 e. The second-order valence-corrected chi connectivity index (χ2v) is 3.74. The van der Waals surface area contributed by atoms with Crippen LogP contribution in [0.25, 0.3) is 0 Å². The van der Waals surface area contributed by atoms with E-state index in [0.29, 0.717) is 23.1 Å². The predicted octanol–water partition coefficient (Wildman–Crippen LogP) is 1.89. The number of nitrogens with zero attached hydrogens (tertiary/aromatic N) is 1. The summed E-state index contributed by atoms with van der Waals surface area (Å²) in [7, 11) is 1.55. The molecule has 0 saturated carbocycles. The van der Waals surface area contributed by atoms with E-state index in [1.807, 2.05) is 12.1 Å². The molecular formula is C13H13NO5. The SMILES string of the molecule is COc1ccccc1OCc1nc(CC(=O)O)co1. The summed E-state index contributed by atoms with van der Waals surface area (Å²) >= 11 is 0. The van der Waals surface area contributed by atoms with Gasteiger partial charge >= 0.3 is 5.97 Å². The number of carboxylic acid groups (broad SMARTS) is 1. The van der Waals surface area contributed by atoms with Gasteiger partial charge in [-0.3, -0.25) is 4.79 Å². The molecular weight excluding hydrogens is 250 g/mol. The average molecular weight is 263 g/mol. The lowest BCUT2D eigenvalue weighted by atomic mass is 10.3. The number of methoxy groups -OCH3 is 1. The minimum absolute atomic E-state index is 0.111. The lowest BCUT2D eigenvalue weighted by Gasteiger charge is -2.08. The number of carbonyl (C=O) groups is 1. The van der Waals surface area contributed by atoms with Gasteiger partial charge in [0.05, 0.1) is 19.2 Å². The summed E-state index contributed by atoms with van der Waals surface area (Å²) in [6, 6.07) is 7.20. The predicted molar refractivity (Wildman–Crippen MR) is 65.2 cm³/mol. The molecule has 0 aliphatic rings. The van der Waals surface area contributed by atoms with Crippen LogP contribution in [0.15, 0.2) is 34.9 Å². The zero-order valence-electron chi connectivity index (χ0n) is 10.3. The van der Waals surface area contributed by atoms with Crippen LogP contribution in [0.1, 0.15) is 11.6 Å². The fraction of sp³-hybridized carbons (Fsp3) is 0.231. The molecule has 1 aromatic heterocycles. The van der Waals surface area contributed by atoms with Crippen molar-refractivity contribution in [2.75, 3.05) is 7.11 Å². The number of para-hydroxylation sites is 2. The molecule has 6 heteroatoms. The van der Waals surface area contributed by atoms with E-state index >= 15 is 0 Å². The van der Waals surface area contributed by atoms with Crippen LogP contribution >= 0.6 is 0 Å². The number of carboxylic acids is 1. The highest BCUT2D eigenvalue weighted by molar-refractivity contribution is 5.69. The van der Waals surface area contributed by atoms with Crippen LogP contribution < -0.4 is 9.47 Å². The van der Waals surface area contributed by atoms with E-state index in [4.69, 9.17) is 19.0 Å². The maximum atomic E-state index is 10.5. The van der Waals surface area contributed by atoms with Crippen LogP contribution in [0.2, 0.25) is 0 Å². The first-order valence-electron chi connectivity index (χ1n) is 5.60. The first-order chi connectivity index (χ1) is 9.19. The van der Waals surface area contributed by atoms with Gasteiger partial charge in [-0.1, -0.05) is 12.1 Å². The number of benzene rings is 1. The van der Waals surface area contributed by atoms with E-state index in [1.54, 1.807) is 19.2 Å². The molecule has 0 aliphatic carbocycles. The lowest BCUT2D eigenvalue weighted by molar-refractivity contribution is -0.136. The number of hydrogen-bond donors (Lipinski definition) is 1. The molecule has 2 rings (SSSR count). The molecule has 0 atom stereocenters. The number of aliphatic carboxylic acids is 1. The molecule has 100 valence electrons. The standard InChI is InChI=1S/C13H13NO5/c1-17-10-4-2-3-5-11(10)18-8-12-14-9(7-19-12)6-13(15)16/h2-5,7H,6,8H2,1H3,(H,15,16). The quantitative estimate of drug-likeness (QED) is 0.857. The maximum Gasteiger partial charge on any atom is 0.309 e. The van der Waals surface area contributed by atoms with Crippen molar-refractivity contribution in [1.29, 1.82) is 0 Å². The van der Waals surface area contributed by atoms with Gasteiger partial charge in [-0.15, -0.1) is 0 Å². The van der Waals surface area contributed by atoms with E-state index in [9.17, 15) is 4.79 Å². The van der Waals surface area contributed by atoms with Crippen molar-refractivity contribution in [3.63, 3.8) is 0 Å². The highest BCUT2D eigenvalue weighted by Crippen LogP contribution is 2.26. The molecule has 6 nitrogen and oxygen atoms in total. The molecule has 0 unspecified atom stereocenters. The molecule has 2 aromatic rings. The highest BCUT2D eigenvalue weighted by atomic mass is 16.5. The second kappa shape index (κ2) is 5.90. The highest BCUT2D eigenvalue weighted by Gasteiger charge is 2.09. The smallest absolute Gasteiger partial charge is 0.309 e. The Bertz CT molecular complexity index is 564. The first-order valence-corrected chi connectivity index (χ1v) is 5.60. The fourth-order valence-corrected chi connectivity index (χ4v) is 1.53. The van der Waals surface area contributed by atoms with Crippen LogP contribution in [0.5, 0.6) is 11.5 Å². The summed E-state index contributed by atoms with van der Waals surface area (Å²) in [5, 5.41) is 8.62. The van der Waals surface area contributed by atoms with Crippen LogP contribution in [0.3, 0.4) is 0 Å². The molecule has 0 fully saturated rings. The zero-order valence-corrected chi connectivity index (χ0v) is 10.3. The Morgan fingerprint density at radius 2 is 2.11 bits per heavy atom. The largest absolute Gasteiger partial charge is 0.493 e. The third-order valence-corrected chi connectivity index (χ3v) is 2.35. The molecule has 0 amide bonds. The Kier molecular flexibility index (Phi) is 4.02. The van der Waals surface area contributed by atoms with Crippen LogP contribution in [-0.2, 0) is 17.8 Å². The summed E-state index contributed by atoms with van der Waals surface area (Å²) in [5.74, 6) is 0.551. The van der Waals surface area contributed by atoms with Crippen molar-refractivity contribution in [3.8, 4) is 11.5 Å². The number of aromatic nitrogens is 1. The van der Waals surface area contributed by atoms with Gasteiger partial charge in [-0.05, 0) is 12.1 Å². The van der Waals surface area contributed by atoms with Crippen molar-refractivity contribution in [2.24, 2.45) is 0 Å². The second-order valence-electron chi connectivity index (χ2n) is 3.74. The van der Waals surface area contributed by atoms with Crippen LogP contribution in [0.4, 0.5) is 0 Å². The van der Waals surface area contributed by atoms with Gasteiger partial charge in [-0.2, -0.15) is 0 Å². The third-order valence-electron chi connectivity index (χ3n) is 2.35.